The standard InChI is InChI=1S/C49H84NO8P/c1-3-5-7-9-11-13-15-17-19-21-23-25-27-29-31-33-35-37-39-41-48(51)55-45-47(46-57-59(53,54)56-44-43-50)58-49(52)42-40-38-36-34-32-30-28-26-24-22-20-18-16-14-12-10-8-6-4-2/h11-14,17-20,24,26,30,32,36,38,47H,3-10,15-16,21-23,25,27-29,31,33-35,37,39-46,50H2,1-2H3,(H,53,54)/b13-11+,14-12+,19-17+,20-18+,26-24+,32-30+,38-36+/t47-/m1/s1. The molecule has 0 radical (unpaired) electrons. The lowest BCUT2D eigenvalue weighted by Crippen LogP contribution is -2.29. The van der Waals surface area contributed by atoms with Gasteiger partial charge in [0.1, 0.15) is 6.61 Å². The van der Waals surface area contributed by atoms with Crippen LogP contribution in [0.15, 0.2) is 85.1 Å². The van der Waals surface area contributed by atoms with Gasteiger partial charge in [-0.1, -0.05) is 170 Å². The molecule has 10 heteroatoms. The summed E-state index contributed by atoms with van der Waals surface area (Å²) in [6.07, 6.45) is 56.2. The highest BCUT2D eigenvalue weighted by atomic mass is 31.2. The van der Waals surface area contributed by atoms with Crippen LogP contribution in [-0.2, 0) is 32.7 Å². The largest absolute Gasteiger partial charge is 0.472 e. The lowest BCUT2D eigenvalue weighted by atomic mass is 10.1. The van der Waals surface area contributed by atoms with E-state index in [-0.39, 0.29) is 32.6 Å². The van der Waals surface area contributed by atoms with Crippen LogP contribution in [-0.4, -0.2) is 49.3 Å². The number of unbranched alkanes of at least 4 members (excludes halogenated alkanes) is 15. The summed E-state index contributed by atoms with van der Waals surface area (Å²) in [5.41, 5.74) is 5.35. The number of rotatable bonds is 42. The molecule has 0 aromatic rings. The predicted molar refractivity (Wildman–Crippen MR) is 247 cm³/mol. The Morgan fingerprint density at radius 2 is 0.915 bits per heavy atom. The van der Waals surface area contributed by atoms with Crippen LogP contribution in [0.1, 0.15) is 181 Å². The van der Waals surface area contributed by atoms with Crippen molar-refractivity contribution < 1.29 is 37.6 Å². The molecule has 0 saturated carbocycles. The third-order valence-electron chi connectivity index (χ3n) is 9.27. The van der Waals surface area contributed by atoms with E-state index >= 15 is 0 Å². The fourth-order valence-corrected chi connectivity index (χ4v) is 6.59. The summed E-state index contributed by atoms with van der Waals surface area (Å²) in [5.74, 6) is -0.935. The second-order valence-corrected chi connectivity index (χ2v) is 16.4. The number of phosphoric ester groups is 1. The molecule has 0 aliphatic rings. The molecule has 0 bridgehead atoms. The van der Waals surface area contributed by atoms with Crippen LogP contribution < -0.4 is 5.73 Å². The van der Waals surface area contributed by atoms with Gasteiger partial charge in [0.15, 0.2) is 6.10 Å². The van der Waals surface area contributed by atoms with Gasteiger partial charge in [-0.25, -0.2) is 4.57 Å². The molecule has 0 saturated heterocycles. The lowest BCUT2D eigenvalue weighted by molar-refractivity contribution is -0.161. The topological polar surface area (TPSA) is 134 Å². The molecule has 59 heavy (non-hydrogen) atoms. The average Bonchev–Trinajstić information content (AvgIpc) is 3.22. The zero-order chi connectivity index (χ0) is 43.2. The molecule has 0 fully saturated rings. The Morgan fingerprint density at radius 3 is 1.37 bits per heavy atom. The van der Waals surface area contributed by atoms with Crippen LogP contribution in [0.25, 0.3) is 0 Å². The number of hydrogen-bond acceptors (Lipinski definition) is 8. The highest BCUT2D eigenvalue weighted by Gasteiger charge is 2.25. The highest BCUT2D eigenvalue weighted by molar-refractivity contribution is 7.47. The molecule has 338 valence electrons. The van der Waals surface area contributed by atoms with Gasteiger partial charge in [0.25, 0.3) is 0 Å². The van der Waals surface area contributed by atoms with Crippen LogP contribution in [0.2, 0.25) is 0 Å². The van der Waals surface area contributed by atoms with Gasteiger partial charge in [-0.2, -0.15) is 0 Å². The molecule has 1 unspecified atom stereocenters. The summed E-state index contributed by atoms with van der Waals surface area (Å²) < 4.78 is 32.7. The molecule has 0 amide bonds. The van der Waals surface area contributed by atoms with E-state index in [0.29, 0.717) is 12.8 Å². The van der Waals surface area contributed by atoms with Crippen LogP contribution in [0, 0.1) is 0 Å². The Balaban J connectivity index is 4.26. The zero-order valence-electron chi connectivity index (χ0n) is 37.2. The third-order valence-corrected chi connectivity index (χ3v) is 10.3. The Hall–Kier alpha value is -2.81. The van der Waals surface area contributed by atoms with Gasteiger partial charge in [-0.15, -0.1) is 0 Å². The minimum Gasteiger partial charge on any atom is -0.462 e. The third kappa shape index (κ3) is 44.6. The number of ether oxygens (including phenoxy) is 2. The Kier molecular flexibility index (Phi) is 42.6. The van der Waals surface area contributed by atoms with Gasteiger partial charge < -0.3 is 20.1 Å². The maximum absolute atomic E-state index is 12.6. The monoisotopic (exact) mass is 846 g/mol. The molecule has 2 atom stereocenters. The van der Waals surface area contributed by atoms with E-state index in [1.807, 2.05) is 12.2 Å². The molecular weight excluding hydrogens is 762 g/mol. The average molecular weight is 846 g/mol. The Morgan fingerprint density at radius 1 is 0.508 bits per heavy atom. The fraction of sp³-hybridized carbons (Fsp3) is 0.673. The molecule has 0 aromatic heterocycles. The van der Waals surface area contributed by atoms with E-state index < -0.39 is 32.5 Å². The van der Waals surface area contributed by atoms with Crippen molar-refractivity contribution in [3.8, 4) is 0 Å². The van der Waals surface area contributed by atoms with Crippen molar-refractivity contribution in [2.45, 2.75) is 187 Å². The number of hydrogen-bond donors (Lipinski definition) is 2. The first-order chi connectivity index (χ1) is 28.8. The number of nitrogens with two attached hydrogens (primary N) is 1. The summed E-state index contributed by atoms with van der Waals surface area (Å²) >= 11 is 0. The quantitative estimate of drug-likeness (QED) is 0.0266. The van der Waals surface area contributed by atoms with Gasteiger partial charge in [-0.3, -0.25) is 18.6 Å². The molecule has 9 nitrogen and oxygen atoms in total. The number of carbonyl (C=O) groups is 2. The van der Waals surface area contributed by atoms with Crippen molar-refractivity contribution in [1.82, 2.24) is 0 Å². The second kappa shape index (κ2) is 44.7. The van der Waals surface area contributed by atoms with E-state index in [4.69, 9.17) is 24.3 Å². The van der Waals surface area contributed by atoms with E-state index in [2.05, 4.69) is 86.8 Å². The molecule has 0 rings (SSSR count). The summed E-state index contributed by atoms with van der Waals surface area (Å²) in [6.45, 7) is 3.58. The molecular formula is C49H84NO8P. The van der Waals surface area contributed by atoms with E-state index in [1.54, 1.807) is 0 Å². The van der Waals surface area contributed by atoms with Gasteiger partial charge >= 0.3 is 19.8 Å². The van der Waals surface area contributed by atoms with Crippen molar-refractivity contribution in [2.75, 3.05) is 26.4 Å². The number of allylic oxidation sites excluding steroid dienone is 14. The number of phosphoric acid groups is 1. The lowest BCUT2D eigenvalue weighted by Gasteiger charge is -2.19. The van der Waals surface area contributed by atoms with Crippen molar-refractivity contribution in [3.05, 3.63) is 85.1 Å². The van der Waals surface area contributed by atoms with E-state index in [9.17, 15) is 19.0 Å². The first-order valence-electron chi connectivity index (χ1n) is 23.1. The Labute approximate surface area is 360 Å². The molecule has 0 aromatic carbocycles. The zero-order valence-corrected chi connectivity index (χ0v) is 38.1. The van der Waals surface area contributed by atoms with Gasteiger partial charge in [0.2, 0.25) is 0 Å². The van der Waals surface area contributed by atoms with E-state index in [1.165, 1.54) is 83.5 Å². The maximum Gasteiger partial charge on any atom is 0.472 e. The predicted octanol–water partition coefficient (Wildman–Crippen LogP) is 13.6. The molecule has 0 heterocycles. The van der Waals surface area contributed by atoms with Crippen LogP contribution in [0.3, 0.4) is 0 Å². The second-order valence-electron chi connectivity index (χ2n) is 14.9. The first kappa shape index (κ1) is 56.2. The fourth-order valence-electron chi connectivity index (χ4n) is 5.82. The number of carbonyl (C=O) groups excluding carboxylic acids is 2. The molecule has 3 N–H and O–H groups in total. The first-order valence-corrected chi connectivity index (χ1v) is 24.6. The SMILES string of the molecule is CCCCC/C=C/C/C=C/C/C=C/C/C=C/C/C=C/CCC(=O)O[C@H](COC(=O)CCCCCCCCCCC/C=C/C/C=C/CCCCC)COP(=O)(O)OCCN. The number of esters is 2. The van der Waals surface area contributed by atoms with E-state index in [0.717, 1.165) is 57.8 Å². The van der Waals surface area contributed by atoms with Crippen molar-refractivity contribution in [3.63, 3.8) is 0 Å². The summed E-state index contributed by atoms with van der Waals surface area (Å²) in [7, 11) is -4.40. The Bertz CT molecular complexity index is 1240. The maximum atomic E-state index is 12.6. The smallest absolute Gasteiger partial charge is 0.462 e. The van der Waals surface area contributed by atoms with Crippen molar-refractivity contribution in [2.24, 2.45) is 5.73 Å². The van der Waals surface area contributed by atoms with Crippen LogP contribution >= 0.6 is 7.82 Å². The molecule has 0 aliphatic carbocycles. The summed E-state index contributed by atoms with van der Waals surface area (Å²) in [5, 5.41) is 0. The van der Waals surface area contributed by atoms with Crippen LogP contribution in [0.4, 0.5) is 0 Å². The van der Waals surface area contributed by atoms with Gasteiger partial charge in [0.05, 0.1) is 13.2 Å². The van der Waals surface area contributed by atoms with Crippen molar-refractivity contribution in [1.29, 1.82) is 0 Å². The minimum atomic E-state index is -4.40. The van der Waals surface area contributed by atoms with Gasteiger partial charge in [0, 0.05) is 19.4 Å². The highest BCUT2D eigenvalue weighted by Crippen LogP contribution is 2.43. The summed E-state index contributed by atoms with van der Waals surface area (Å²) in [6, 6.07) is 0. The normalized spacial score (nSPS) is 14.0. The van der Waals surface area contributed by atoms with Crippen molar-refractivity contribution >= 4 is 19.8 Å². The van der Waals surface area contributed by atoms with Crippen LogP contribution in [0.5, 0.6) is 0 Å². The van der Waals surface area contributed by atoms with Gasteiger partial charge in [-0.05, 0) is 83.5 Å². The molecule has 0 aliphatic heterocycles. The minimum absolute atomic E-state index is 0.0375. The summed E-state index contributed by atoms with van der Waals surface area (Å²) in [4.78, 5) is 34.9. The molecule has 0 spiro atoms.